The first kappa shape index (κ1) is 13.1. The number of benzene rings is 1. The molecule has 1 atom stereocenters. The van der Waals surface area contributed by atoms with E-state index in [2.05, 4.69) is 17.0 Å². The van der Waals surface area contributed by atoms with Crippen molar-refractivity contribution in [2.45, 2.75) is 38.8 Å². The van der Waals surface area contributed by atoms with Crippen molar-refractivity contribution in [3.05, 3.63) is 35.9 Å². The minimum Gasteiger partial charge on any atom is -0.465 e. The normalized spacial score (nSPS) is 20.6. The number of carbonyl (C=O) groups is 1. The van der Waals surface area contributed by atoms with Crippen LogP contribution in [0, 0.1) is 0 Å². The molecule has 1 saturated heterocycles. The Labute approximate surface area is 109 Å². The number of carbonyl (C=O) groups excluding carboxylic acids is 1. The summed E-state index contributed by atoms with van der Waals surface area (Å²) in [7, 11) is 0. The molecule has 2 rings (SSSR count). The van der Waals surface area contributed by atoms with Crippen LogP contribution in [0.2, 0.25) is 0 Å². The second-order valence-corrected chi connectivity index (χ2v) is 4.72. The zero-order valence-corrected chi connectivity index (χ0v) is 11.0. The zero-order chi connectivity index (χ0) is 12.8. The van der Waals surface area contributed by atoms with Crippen LogP contribution in [0.25, 0.3) is 0 Å². The second kappa shape index (κ2) is 6.55. The highest BCUT2D eigenvalue weighted by Crippen LogP contribution is 2.20. The van der Waals surface area contributed by atoms with Gasteiger partial charge in [-0.05, 0) is 31.9 Å². The Morgan fingerprint density at radius 2 is 2.11 bits per heavy atom. The fourth-order valence-corrected chi connectivity index (χ4v) is 2.50. The van der Waals surface area contributed by atoms with Gasteiger partial charge in [-0.25, -0.2) is 0 Å². The molecule has 0 spiro atoms. The van der Waals surface area contributed by atoms with Crippen LogP contribution in [0.15, 0.2) is 30.3 Å². The van der Waals surface area contributed by atoms with Crippen LogP contribution >= 0.6 is 0 Å². The molecule has 1 aliphatic rings. The molecule has 0 unspecified atom stereocenters. The highest BCUT2D eigenvalue weighted by atomic mass is 16.5. The van der Waals surface area contributed by atoms with Crippen LogP contribution in [-0.2, 0) is 16.1 Å². The average Bonchev–Trinajstić information content (AvgIpc) is 2.41. The van der Waals surface area contributed by atoms with Gasteiger partial charge in [-0.1, -0.05) is 36.8 Å². The summed E-state index contributed by atoms with van der Waals surface area (Å²) >= 11 is 0. The van der Waals surface area contributed by atoms with Crippen molar-refractivity contribution in [3.8, 4) is 0 Å². The van der Waals surface area contributed by atoms with E-state index in [1.807, 2.05) is 25.1 Å². The maximum atomic E-state index is 11.9. The molecular formula is C15H21NO2. The SMILES string of the molecule is CCOC(=O)[C@@H]1CCCCN1Cc1ccccc1. The van der Waals surface area contributed by atoms with Gasteiger partial charge in [0.2, 0.25) is 0 Å². The minimum atomic E-state index is -0.0619. The number of hydrogen-bond acceptors (Lipinski definition) is 3. The van der Waals surface area contributed by atoms with E-state index in [0.717, 1.165) is 25.9 Å². The van der Waals surface area contributed by atoms with E-state index in [1.54, 1.807) is 0 Å². The molecule has 3 nitrogen and oxygen atoms in total. The lowest BCUT2D eigenvalue weighted by Crippen LogP contribution is -2.44. The number of piperidine rings is 1. The number of esters is 1. The molecule has 98 valence electrons. The molecule has 0 saturated carbocycles. The lowest BCUT2D eigenvalue weighted by molar-refractivity contribution is -0.151. The first-order valence-electron chi connectivity index (χ1n) is 6.76. The maximum absolute atomic E-state index is 11.9. The molecule has 0 aromatic heterocycles. The van der Waals surface area contributed by atoms with Crippen molar-refractivity contribution in [1.29, 1.82) is 0 Å². The Morgan fingerprint density at radius 3 is 2.83 bits per heavy atom. The van der Waals surface area contributed by atoms with Gasteiger partial charge < -0.3 is 4.74 Å². The van der Waals surface area contributed by atoms with Crippen molar-refractivity contribution in [3.63, 3.8) is 0 Å². The number of nitrogens with zero attached hydrogens (tertiary/aromatic N) is 1. The second-order valence-electron chi connectivity index (χ2n) is 4.72. The number of hydrogen-bond donors (Lipinski definition) is 0. The standard InChI is InChI=1S/C15H21NO2/c1-2-18-15(17)14-10-6-7-11-16(14)12-13-8-4-3-5-9-13/h3-5,8-9,14H,2,6-7,10-12H2,1H3/t14-/m0/s1. The fourth-order valence-electron chi connectivity index (χ4n) is 2.50. The van der Waals surface area contributed by atoms with Crippen molar-refractivity contribution in [2.75, 3.05) is 13.2 Å². The van der Waals surface area contributed by atoms with Gasteiger partial charge in [0.05, 0.1) is 6.61 Å². The molecule has 1 aromatic rings. The summed E-state index contributed by atoms with van der Waals surface area (Å²) in [5.41, 5.74) is 1.26. The van der Waals surface area contributed by atoms with Gasteiger partial charge in [-0.15, -0.1) is 0 Å². The quantitative estimate of drug-likeness (QED) is 0.766. The molecule has 0 N–H and O–H groups in total. The minimum absolute atomic E-state index is 0.0566. The lowest BCUT2D eigenvalue weighted by atomic mass is 10.0. The molecule has 3 heteroatoms. The summed E-state index contributed by atoms with van der Waals surface area (Å²) in [5, 5.41) is 0. The summed E-state index contributed by atoms with van der Waals surface area (Å²) < 4.78 is 5.17. The van der Waals surface area contributed by atoms with Gasteiger partial charge in [-0.3, -0.25) is 9.69 Å². The van der Waals surface area contributed by atoms with Crippen LogP contribution in [0.1, 0.15) is 31.7 Å². The van der Waals surface area contributed by atoms with Crippen molar-refractivity contribution >= 4 is 5.97 Å². The first-order chi connectivity index (χ1) is 8.81. The van der Waals surface area contributed by atoms with Gasteiger partial charge in [0.25, 0.3) is 0 Å². The Morgan fingerprint density at radius 1 is 1.33 bits per heavy atom. The van der Waals surface area contributed by atoms with Crippen molar-refractivity contribution in [1.82, 2.24) is 4.90 Å². The molecular weight excluding hydrogens is 226 g/mol. The average molecular weight is 247 g/mol. The van der Waals surface area contributed by atoms with E-state index in [-0.39, 0.29) is 12.0 Å². The lowest BCUT2D eigenvalue weighted by Gasteiger charge is -2.33. The molecule has 1 fully saturated rings. The maximum Gasteiger partial charge on any atom is 0.323 e. The number of ether oxygens (including phenoxy) is 1. The van der Waals surface area contributed by atoms with Crippen LogP contribution in [0.5, 0.6) is 0 Å². The molecule has 0 aliphatic carbocycles. The van der Waals surface area contributed by atoms with Crippen LogP contribution in [0.4, 0.5) is 0 Å². The molecule has 0 bridgehead atoms. The van der Waals surface area contributed by atoms with E-state index < -0.39 is 0 Å². The molecule has 1 heterocycles. The smallest absolute Gasteiger partial charge is 0.323 e. The van der Waals surface area contributed by atoms with E-state index in [9.17, 15) is 4.79 Å². The highest BCUT2D eigenvalue weighted by molar-refractivity contribution is 5.75. The predicted molar refractivity (Wildman–Crippen MR) is 71.1 cm³/mol. The zero-order valence-electron chi connectivity index (χ0n) is 11.0. The monoisotopic (exact) mass is 247 g/mol. The summed E-state index contributed by atoms with van der Waals surface area (Å²) in [4.78, 5) is 14.2. The number of likely N-dealkylation sites (tertiary alicyclic amines) is 1. The highest BCUT2D eigenvalue weighted by Gasteiger charge is 2.29. The first-order valence-corrected chi connectivity index (χ1v) is 6.76. The number of rotatable bonds is 4. The summed E-state index contributed by atoms with van der Waals surface area (Å²) in [6.07, 6.45) is 3.21. The van der Waals surface area contributed by atoms with E-state index in [4.69, 9.17) is 4.74 Å². The Hall–Kier alpha value is -1.35. The van der Waals surface area contributed by atoms with Gasteiger partial charge >= 0.3 is 5.97 Å². The Bertz CT molecular complexity index is 377. The van der Waals surface area contributed by atoms with Crippen LogP contribution in [-0.4, -0.2) is 30.1 Å². The van der Waals surface area contributed by atoms with Crippen LogP contribution < -0.4 is 0 Å². The fraction of sp³-hybridized carbons (Fsp3) is 0.533. The van der Waals surface area contributed by atoms with Gasteiger partial charge in [0.1, 0.15) is 6.04 Å². The predicted octanol–water partition coefficient (Wildman–Crippen LogP) is 2.60. The van der Waals surface area contributed by atoms with Gasteiger partial charge in [0.15, 0.2) is 0 Å². The van der Waals surface area contributed by atoms with Gasteiger partial charge in [-0.2, -0.15) is 0 Å². The molecule has 0 radical (unpaired) electrons. The van der Waals surface area contributed by atoms with E-state index in [1.165, 1.54) is 12.0 Å². The summed E-state index contributed by atoms with van der Waals surface area (Å²) in [6.45, 7) is 4.15. The van der Waals surface area contributed by atoms with E-state index >= 15 is 0 Å². The van der Waals surface area contributed by atoms with Gasteiger partial charge in [0, 0.05) is 6.54 Å². The third-order valence-corrected chi connectivity index (χ3v) is 3.40. The molecule has 1 aromatic carbocycles. The largest absolute Gasteiger partial charge is 0.465 e. The van der Waals surface area contributed by atoms with Crippen LogP contribution in [0.3, 0.4) is 0 Å². The molecule has 0 amide bonds. The summed E-state index contributed by atoms with van der Waals surface area (Å²) in [5.74, 6) is -0.0619. The third kappa shape index (κ3) is 3.33. The van der Waals surface area contributed by atoms with Crippen molar-refractivity contribution < 1.29 is 9.53 Å². The topological polar surface area (TPSA) is 29.5 Å². The third-order valence-electron chi connectivity index (χ3n) is 3.40. The van der Waals surface area contributed by atoms with E-state index in [0.29, 0.717) is 6.61 Å². The van der Waals surface area contributed by atoms with Crippen molar-refractivity contribution in [2.24, 2.45) is 0 Å². The Balaban J connectivity index is 2.01. The molecule has 18 heavy (non-hydrogen) atoms. The Kier molecular flexibility index (Phi) is 4.76. The summed E-state index contributed by atoms with van der Waals surface area (Å²) in [6, 6.07) is 10.3. The molecule has 1 aliphatic heterocycles.